The van der Waals surface area contributed by atoms with Crippen molar-refractivity contribution < 1.29 is 15.1 Å². The van der Waals surface area contributed by atoms with Crippen LogP contribution in [0.15, 0.2) is 68.1 Å². The number of halogens is 1. The summed E-state index contributed by atoms with van der Waals surface area (Å²) in [5.74, 6) is 0. The number of hydrogen-bond acceptors (Lipinski definition) is 5. The average molecular weight is 453 g/mol. The average Bonchev–Trinajstić information content (AvgIpc) is 2.47. The summed E-state index contributed by atoms with van der Waals surface area (Å²) in [5.41, 5.74) is 0. The molecule has 0 aliphatic rings. The molecule has 2 aromatic carbocycles. The number of benzene rings is 2. The van der Waals surface area contributed by atoms with Crippen LogP contribution < -0.4 is 0 Å². The number of rotatable bonds is 5. The summed E-state index contributed by atoms with van der Waals surface area (Å²) >= 11 is -2.96. The van der Waals surface area contributed by atoms with Gasteiger partial charge in [-0.2, -0.15) is 0 Å². The second-order valence-corrected chi connectivity index (χ2v) is 13.0. The molecule has 0 heterocycles. The van der Waals surface area contributed by atoms with Crippen molar-refractivity contribution in [1.29, 1.82) is 0 Å². The summed E-state index contributed by atoms with van der Waals surface area (Å²) in [6.07, 6.45) is 2.48. The molecule has 1 atom stereocenters. The number of nitrogens with zero attached hydrogens (tertiary/aromatic N) is 1. The molecule has 0 radical (unpaired) electrons. The quantitative estimate of drug-likeness (QED) is 0.652. The van der Waals surface area contributed by atoms with Crippen LogP contribution in [0.3, 0.4) is 0 Å². The van der Waals surface area contributed by atoms with Gasteiger partial charge in [-0.3, -0.25) is 0 Å². The van der Waals surface area contributed by atoms with Gasteiger partial charge in [0.05, 0.1) is 0 Å². The summed E-state index contributed by atoms with van der Waals surface area (Å²) < 4.78 is 46.0. The Morgan fingerprint density at radius 2 is 1.36 bits per heavy atom. The van der Waals surface area contributed by atoms with Gasteiger partial charge in [-0.1, -0.05) is 0 Å². The molecule has 0 aromatic heterocycles. The van der Waals surface area contributed by atoms with Crippen molar-refractivity contribution in [2.75, 3.05) is 12.5 Å². The van der Waals surface area contributed by atoms with Gasteiger partial charge < -0.3 is 0 Å². The Hall–Kier alpha value is -0.970. The Kier molecular flexibility index (Phi) is 5.59. The Morgan fingerprint density at radius 3 is 1.86 bits per heavy atom. The topological polar surface area (TPSA) is 72.8 Å². The summed E-state index contributed by atoms with van der Waals surface area (Å²) in [6.45, 7) is 0. The van der Waals surface area contributed by atoms with Crippen LogP contribution in [-0.4, -0.2) is 25.1 Å². The minimum absolute atomic E-state index is 0.560. The van der Waals surface area contributed by atoms with Gasteiger partial charge in [-0.15, -0.1) is 0 Å². The van der Waals surface area contributed by atoms with Crippen molar-refractivity contribution >= 4 is 40.4 Å². The van der Waals surface area contributed by atoms with E-state index in [2.05, 4.69) is 2.58 Å². The van der Waals surface area contributed by atoms with Crippen LogP contribution in [0.25, 0.3) is 0 Å². The van der Waals surface area contributed by atoms with Crippen LogP contribution >= 0.6 is 20.5 Å². The molecule has 0 aliphatic carbocycles. The molecular weight excluding hydrogens is 437 g/mol. The summed E-state index contributed by atoms with van der Waals surface area (Å²) in [5, 5.41) is 0. The molecule has 0 aliphatic heterocycles. The third kappa shape index (κ3) is 5.04. The van der Waals surface area contributed by atoms with Crippen LogP contribution in [0.4, 0.5) is 0 Å². The fraction of sp³-hybridized carbons (Fsp3) is 0.143. The van der Waals surface area contributed by atoms with E-state index in [9.17, 15) is 12.6 Å². The van der Waals surface area contributed by atoms with E-state index in [0.717, 1.165) is 6.26 Å². The van der Waals surface area contributed by atoms with E-state index in [1.807, 2.05) is 12.1 Å². The van der Waals surface area contributed by atoms with E-state index in [4.69, 9.17) is 2.51 Å². The van der Waals surface area contributed by atoms with E-state index in [-0.39, 0.29) is 0 Å². The van der Waals surface area contributed by atoms with Crippen LogP contribution in [0.5, 0.6) is 0 Å². The van der Waals surface area contributed by atoms with Gasteiger partial charge in [0, 0.05) is 0 Å². The van der Waals surface area contributed by atoms with Crippen molar-refractivity contribution in [3.63, 3.8) is 0 Å². The molecule has 0 spiro atoms. The van der Waals surface area contributed by atoms with E-state index in [0.29, 0.717) is 8.47 Å². The zero-order valence-corrected chi connectivity index (χ0v) is 15.8. The molecule has 0 saturated carbocycles. The van der Waals surface area contributed by atoms with Crippen LogP contribution in [-0.2, 0) is 22.4 Å². The zero-order valence-electron chi connectivity index (χ0n) is 12.0. The van der Waals surface area contributed by atoms with Crippen molar-refractivity contribution in [3.8, 4) is 0 Å². The van der Waals surface area contributed by atoms with Crippen LogP contribution in [0, 0.1) is 3.57 Å². The van der Waals surface area contributed by atoms with E-state index < -0.39 is 40.4 Å². The SMILES string of the molecule is CS(=O)(=O)OI(N=S(C)(=O)c1ccccc1)c1ccccc1. The second-order valence-electron chi connectivity index (χ2n) is 4.48. The van der Waals surface area contributed by atoms with Gasteiger partial charge in [0.15, 0.2) is 0 Å². The van der Waals surface area contributed by atoms with Crippen molar-refractivity contribution in [2.45, 2.75) is 4.90 Å². The summed E-state index contributed by atoms with van der Waals surface area (Å²) in [7, 11) is -6.40. The second kappa shape index (κ2) is 7.07. The summed E-state index contributed by atoms with van der Waals surface area (Å²) in [6, 6.07) is 17.7. The normalized spacial score (nSPS) is 14.9. The first kappa shape index (κ1) is 17.4. The third-order valence-electron chi connectivity index (χ3n) is 2.47. The molecular formula is C14H16INO4S2. The Morgan fingerprint density at radius 1 is 0.864 bits per heavy atom. The minimum atomic E-state index is -3.68. The maximum absolute atomic E-state index is 12.9. The molecule has 2 rings (SSSR count). The van der Waals surface area contributed by atoms with Crippen molar-refractivity contribution in [3.05, 3.63) is 64.2 Å². The Balaban J connectivity index is 2.51. The van der Waals surface area contributed by atoms with Gasteiger partial charge in [0.2, 0.25) is 0 Å². The maximum atomic E-state index is 12.9. The van der Waals surface area contributed by atoms with Crippen LogP contribution in [0.2, 0.25) is 0 Å². The van der Waals surface area contributed by atoms with Gasteiger partial charge >= 0.3 is 140 Å². The Labute approximate surface area is 139 Å². The predicted octanol–water partition coefficient (Wildman–Crippen LogP) is 3.33. The Bertz CT molecular complexity index is 845. The standard InChI is InChI=1S/C14H16INO4S2/c1-21(17,14-11-7-4-8-12-14)16-15(20-22(2,18)19)13-9-5-3-6-10-13/h3-12H,1-2H3. The zero-order chi connectivity index (χ0) is 16.2. The van der Waals surface area contributed by atoms with Gasteiger partial charge in [0.25, 0.3) is 0 Å². The molecule has 2 aromatic rings. The molecule has 0 amide bonds. The molecule has 0 fully saturated rings. The third-order valence-corrected chi connectivity index (χ3v) is 12.4. The molecule has 1 unspecified atom stereocenters. The monoisotopic (exact) mass is 453 g/mol. The van der Waals surface area contributed by atoms with E-state index in [1.165, 1.54) is 6.26 Å². The van der Waals surface area contributed by atoms with Gasteiger partial charge in [0.1, 0.15) is 0 Å². The fourth-order valence-corrected chi connectivity index (χ4v) is 10.5. The molecule has 8 heteroatoms. The van der Waals surface area contributed by atoms with Crippen molar-refractivity contribution in [1.82, 2.24) is 0 Å². The van der Waals surface area contributed by atoms with E-state index >= 15 is 0 Å². The molecule has 5 nitrogen and oxygen atoms in total. The molecule has 0 N–H and O–H groups in total. The van der Waals surface area contributed by atoms with Gasteiger partial charge in [-0.25, -0.2) is 0 Å². The molecule has 0 bridgehead atoms. The first-order chi connectivity index (χ1) is 10.3. The first-order valence-corrected chi connectivity index (χ1v) is 12.9. The molecule has 0 saturated heterocycles. The summed E-state index contributed by atoms with van der Waals surface area (Å²) in [4.78, 5) is 0.560. The first-order valence-electron chi connectivity index (χ1n) is 6.20. The van der Waals surface area contributed by atoms with Crippen LogP contribution in [0.1, 0.15) is 0 Å². The molecule has 22 heavy (non-hydrogen) atoms. The molecule has 120 valence electrons. The van der Waals surface area contributed by atoms with Gasteiger partial charge in [-0.05, 0) is 0 Å². The predicted molar refractivity (Wildman–Crippen MR) is 96.3 cm³/mol. The number of hydrogen-bond donors (Lipinski definition) is 0. The van der Waals surface area contributed by atoms with E-state index in [1.54, 1.807) is 48.5 Å². The van der Waals surface area contributed by atoms with Crippen molar-refractivity contribution in [2.24, 2.45) is 2.58 Å². The fourth-order valence-electron chi connectivity index (χ4n) is 1.55.